The Labute approximate surface area is 131 Å². The van der Waals surface area contributed by atoms with Crippen molar-refractivity contribution in [3.05, 3.63) is 30.1 Å². The standard InChI is InChI=1S/C17H24N4O/c1-19(10-13-8-9-17(22)20(2)11-13)12-16-18-14-6-4-5-7-15(14)21(16)3/h4-7,13H,8-12H2,1-3H3. The molecule has 1 saturated heterocycles. The highest BCUT2D eigenvalue weighted by Crippen LogP contribution is 2.19. The molecule has 5 nitrogen and oxygen atoms in total. The number of benzene rings is 1. The molecule has 1 aliphatic heterocycles. The lowest BCUT2D eigenvalue weighted by Gasteiger charge is -2.32. The van der Waals surface area contributed by atoms with Gasteiger partial charge in [-0.3, -0.25) is 9.69 Å². The third-order valence-electron chi connectivity index (χ3n) is 4.59. The highest BCUT2D eigenvalue weighted by atomic mass is 16.2. The van der Waals surface area contributed by atoms with Gasteiger partial charge in [0.1, 0.15) is 5.82 Å². The summed E-state index contributed by atoms with van der Waals surface area (Å²) in [5, 5.41) is 0. The zero-order valence-corrected chi connectivity index (χ0v) is 13.6. The second-order valence-electron chi connectivity index (χ2n) is 6.45. The van der Waals surface area contributed by atoms with Gasteiger partial charge < -0.3 is 9.47 Å². The Morgan fingerprint density at radius 3 is 2.82 bits per heavy atom. The van der Waals surface area contributed by atoms with E-state index in [0.717, 1.165) is 37.4 Å². The lowest BCUT2D eigenvalue weighted by Crippen LogP contribution is -2.41. The smallest absolute Gasteiger partial charge is 0.222 e. The number of aromatic nitrogens is 2. The number of piperidine rings is 1. The molecule has 0 bridgehead atoms. The van der Waals surface area contributed by atoms with Gasteiger partial charge >= 0.3 is 0 Å². The fraction of sp³-hybridized carbons (Fsp3) is 0.529. The molecule has 1 aromatic heterocycles. The minimum absolute atomic E-state index is 0.272. The number of fused-ring (bicyclic) bond motifs is 1. The van der Waals surface area contributed by atoms with Crippen LogP contribution in [0.25, 0.3) is 11.0 Å². The third kappa shape index (κ3) is 2.99. The van der Waals surface area contributed by atoms with Crippen LogP contribution in [0.3, 0.4) is 0 Å². The number of carbonyl (C=O) groups is 1. The molecule has 0 N–H and O–H groups in total. The number of aryl methyl sites for hydroxylation is 1. The van der Waals surface area contributed by atoms with Gasteiger partial charge in [-0.2, -0.15) is 0 Å². The predicted molar refractivity (Wildman–Crippen MR) is 87.4 cm³/mol. The summed E-state index contributed by atoms with van der Waals surface area (Å²) in [4.78, 5) is 20.5. The molecule has 0 radical (unpaired) electrons. The normalized spacial score (nSPS) is 19.4. The van der Waals surface area contributed by atoms with E-state index < -0.39 is 0 Å². The zero-order valence-electron chi connectivity index (χ0n) is 13.6. The van der Waals surface area contributed by atoms with Crippen LogP contribution >= 0.6 is 0 Å². The van der Waals surface area contributed by atoms with E-state index >= 15 is 0 Å². The molecular weight excluding hydrogens is 276 g/mol. The van der Waals surface area contributed by atoms with Crippen molar-refractivity contribution in [3.63, 3.8) is 0 Å². The van der Waals surface area contributed by atoms with E-state index in [4.69, 9.17) is 4.98 Å². The molecule has 0 spiro atoms. The summed E-state index contributed by atoms with van der Waals surface area (Å²) in [5.74, 6) is 1.92. The van der Waals surface area contributed by atoms with Crippen molar-refractivity contribution in [3.8, 4) is 0 Å². The fourth-order valence-electron chi connectivity index (χ4n) is 3.33. The summed E-state index contributed by atoms with van der Waals surface area (Å²) in [7, 11) is 6.11. The summed E-state index contributed by atoms with van der Waals surface area (Å²) in [6.07, 6.45) is 1.68. The fourth-order valence-corrected chi connectivity index (χ4v) is 3.33. The number of hydrogen-bond donors (Lipinski definition) is 0. The number of para-hydroxylation sites is 2. The van der Waals surface area contributed by atoms with E-state index in [1.165, 1.54) is 5.52 Å². The quantitative estimate of drug-likeness (QED) is 0.865. The van der Waals surface area contributed by atoms with Crippen LogP contribution in [0.5, 0.6) is 0 Å². The van der Waals surface area contributed by atoms with Gasteiger partial charge in [0.05, 0.1) is 17.6 Å². The van der Waals surface area contributed by atoms with Gasteiger partial charge in [-0.1, -0.05) is 12.1 Å². The van der Waals surface area contributed by atoms with E-state index in [2.05, 4.69) is 35.7 Å². The lowest BCUT2D eigenvalue weighted by atomic mass is 9.97. The van der Waals surface area contributed by atoms with Gasteiger partial charge in [-0.05, 0) is 31.5 Å². The summed E-state index contributed by atoms with van der Waals surface area (Å²) in [5.41, 5.74) is 2.23. The summed E-state index contributed by atoms with van der Waals surface area (Å²) >= 11 is 0. The Morgan fingerprint density at radius 1 is 1.32 bits per heavy atom. The molecule has 22 heavy (non-hydrogen) atoms. The molecule has 118 valence electrons. The monoisotopic (exact) mass is 300 g/mol. The number of likely N-dealkylation sites (tertiary alicyclic amines) is 1. The summed E-state index contributed by atoms with van der Waals surface area (Å²) in [6, 6.07) is 8.23. The Bertz CT molecular complexity index is 678. The molecular formula is C17H24N4O. The van der Waals surface area contributed by atoms with Gasteiger partial charge in [0.25, 0.3) is 0 Å². The van der Waals surface area contributed by atoms with Gasteiger partial charge in [0.2, 0.25) is 5.91 Å². The first-order valence-corrected chi connectivity index (χ1v) is 7.87. The Balaban J connectivity index is 1.64. The molecule has 1 amide bonds. The Hall–Kier alpha value is -1.88. The van der Waals surface area contributed by atoms with Crippen molar-refractivity contribution in [2.75, 3.05) is 27.2 Å². The molecule has 1 aromatic carbocycles. The van der Waals surface area contributed by atoms with Crippen LogP contribution in [-0.4, -0.2) is 52.4 Å². The average molecular weight is 300 g/mol. The number of nitrogens with zero attached hydrogens (tertiary/aromatic N) is 4. The van der Waals surface area contributed by atoms with E-state index in [1.807, 2.05) is 24.1 Å². The van der Waals surface area contributed by atoms with Crippen LogP contribution in [0, 0.1) is 5.92 Å². The van der Waals surface area contributed by atoms with Crippen molar-refractivity contribution in [1.29, 1.82) is 0 Å². The maximum absolute atomic E-state index is 11.6. The van der Waals surface area contributed by atoms with Crippen LogP contribution in [0.4, 0.5) is 0 Å². The van der Waals surface area contributed by atoms with Crippen LogP contribution in [0.1, 0.15) is 18.7 Å². The van der Waals surface area contributed by atoms with Crippen molar-refractivity contribution in [2.45, 2.75) is 19.4 Å². The van der Waals surface area contributed by atoms with E-state index in [0.29, 0.717) is 12.3 Å². The first kappa shape index (κ1) is 15.0. The summed E-state index contributed by atoms with van der Waals surface area (Å²) < 4.78 is 2.17. The number of amides is 1. The van der Waals surface area contributed by atoms with Gasteiger partial charge in [0, 0.05) is 33.6 Å². The third-order valence-corrected chi connectivity index (χ3v) is 4.59. The number of rotatable bonds is 4. The largest absolute Gasteiger partial charge is 0.345 e. The number of carbonyl (C=O) groups excluding carboxylic acids is 1. The van der Waals surface area contributed by atoms with Crippen LogP contribution in [0.2, 0.25) is 0 Å². The highest BCUT2D eigenvalue weighted by Gasteiger charge is 2.24. The second kappa shape index (κ2) is 6.08. The van der Waals surface area contributed by atoms with Gasteiger partial charge in [-0.25, -0.2) is 4.98 Å². The number of hydrogen-bond acceptors (Lipinski definition) is 3. The van der Waals surface area contributed by atoms with Gasteiger partial charge in [-0.15, -0.1) is 0 Å². The Kier molecular flexibility index (Phi) is 4.16. The SMILES string of the molecule is CN(Cc1nc2ccccc2n1C)CC1CCC(=O)N(C)C1. The minimum atomic E-state index is 0.272. The second-order valence-corrected chi connectivity index (χ2v) is 6.45. The molecule has 0 aliphatic carbocycles. The number of imidazole rings is 1. The maximum Gasteiger partial charge on any atom is 0.222 e. The van der Waals surface area contributed by atoms with Crippen molar-refractivity contribution in [2.24, 2.45) is 13.0 Å². The van der Waals surface area contributed by atoms with Crippen molar-refractivity contribution < 1.29 is 4.79 Å². The molecule has 1 atom stereocenters. The molecule has 0 saturated carbocycles. The van der Waals surface area contributed by atoms with E-state index in [-0.39, 0.29) is 5.91 Å². The van der Waals surface area contributed by atoms with Crippen LogP contribution in [-0.2, 0) is 18.4 Å². The van der Waals surface area contributed by atoms with Crippen molar-refractivity contribution in [1.82, 2.24) is 19.4 Å². The first-order valence-electron chi connectivity index (χ1n) is 7.87. The molecule has 2 heterocycles. The Morgan fingerprint density at radius 2 is 2.09 bits per heavy atom. The first-order chi connectivity index (χ1) is 10.5. The van der Waals surface area contributed by atoms with Crippen molar-refractivity contribution >= 4 is 16.9 Å². The van der Waals surface area contributed by atoms with E-state index in [1.54, 1.807) is 0 Å². The van der Waals surface area contributed by atoms with Crippen LogP contribution < -0.4 is 0 Å². The molecule has 1 aliphatic rings. The maximum atomic E-state index is 11.6. The predicted octanol–water partition coefficient (Wildman–Crippen LogP) is 1.87. The molecule has 5 heteroatoms. The lowest BCUT2D eigenvalue weighted by molar-refractivity contribution is -0.133. The molecule has 2 aromatic rings. The minimum Gasteiger partial charge on any atom is -0.345 e. The molecule has 1 fully saturated rings. The molecule has 1 unspecified atom stereocenters. The summed E-state index contributed by atoms with van der Waals surface area (Å²) in [6.45, 7) is 2.70. The van der Waals surface area contributed by atoms with Crippen LogP contribution in [0.15, 0.2) is 24.3 Å². The van der Waals surface area contributed by atoms with E-state index in [9.17, 15) is 4.79 Å². The topological polar surface area (TPSA) is 41.4 Å². The highest BCUT2D eigenvalue weighted by molar-refractivity contribution is 5.76. The molecule has 3 rings (SSSR count). The van der Waals surface area contributed by atoms with Gasteiger partial charge in [0.15, 0.2) is 0 Å². The zero-order chi connectivity index (χ0) is 15.7. The average Bonchev–Trinajstić information content (AvgIpc) is 2.80.